The number of benzene rings is 1. The van der Waals surface area contributed by atoms with Crippen LogP contribution >= 0.6 is 0 Å². The number of amides is 3. The molecular formula is C22H30FN3O5S. The summed E-state index contributed by atoms with van der Waals surface area (Å²) in [5.41, 5.74) is -0.0363. The van der Waals surface area contributed by atoms with Crippen LogP contribution in [0.15, 0.2) is 30.4 Å². The van der Waals surface area contributed by atoms with Gasteiger partial charge in [0.2, 0.25) is 10.0 Å². The quantitative estimate of drug-likeness (QED) is 0.385. The lowest BCUT2D eigenvalue weighted by Crippen LogP contribution is -2.36. The third kappa shape index (κ3) is 5.86. The summed E-state index contributed by atoms with van der Waals surface area (Å²) in [6.45, 7) is 6.16. The fraction of sp³-hybridized carbons (Fsp3) is 0.545. The van der Waals surface area contributed by atoms with Crippen LogP contribution in [0.3, 0.4) is 0 Å². The molecule has 1 aliphatic heterocycles. The fourth-order valence-electron chi connectivity index (χ4n) is 3.46. The second kappa shape index (κ2) is 9.58. The summed E-state index contributed by atoms with van der Waals surface area (Å²) in [5, 5.41) is 2.23. The fourth-order valence-corrected chi connectivity index (χ4v) is 4.93. The van der Waals surface area contributed by atoms with E-state index in [9.17, 15) is 22.4 Å². The molecule has 0 bridgehead atoms. The molecule has 0 spiro atoms. The Kier molecular flexibility index (Phi) is 7.24. The summed E-state index contributed by atoms with van der Waals surface area (Å²) < 4.78 is 47.6. The van der Waals surface area contributed by atoms with Crippen molar-refractivity contribution in [2.75, 3.05) is 18.9 Å². The molecule has 8 nitrogen and oxygen atoms in total. The first kappa shape index (κ1) is 24.2. The van der Waals surface area contributed by atoms with Crippen LogP contribution < -0.4 is 14.8 Å². The van der Waals surface area contributed by atoms with Gasteiger partial charge in [0.1, 0.15) is 6.04 Å². The molecule has 1 unspecified atom stereocenters. The predicted octanol–water partition coefficient (Wildman–Crippen LogP) is 2.66. The lowest BCUT2D eigenvalue weighted by molar-refractivity contribution is -0.120. The molecule has 32 heavy (non-hydrogen) atoms. The first-order chi connectivity index (χ1) is 15.0. The lowest BCUT2D eigenvalue weighted by atomic mass is 10.1. The first-order valence-electron chi connectivity index (χ1n) is 10.7. The number of imide groups is 1. The van der Waals surface area contributed by atoms with Crippen LogP contribution in [0.25, 0.3) is 0 Å². The van der Waals surface area contributed by atoms with Crippen molar-refractivity contribution in [3.05, 3.63) is 41.7 Å². The number of hydrogen-bond acceptors (Lipinski definition) is 5. The smallest absolute Gasteiger partial charge is 0.325 e. The average Bonchev–Trinajstić information content (AvgIpc) is 3.43. The maximum Gasteiger partial charge on any atom is 0.325 e. The molecule has 2 fully saturated rings. The van der Waals surface area contributed by atoms with Gasteiger partial charge < -0.3 is 9.64 Å². The predicted molar refractivity (Wildman–Crippen MR) is 118 cm³/mol. The first-order valence-corrected chi connectivity index (χ1v) is 12.4. The largest absolute Gasteiger partial charge is 0.490 e. The van der Waals surface area contributed by atoms with Gasteiger partial charge in [-0.25, -0.2) is 22.3 Å². The van der Waals surface area contributed by atoms with Gasteiger partial charge in [0.15, 0.2) is 11.6 Å². The lowest BCUT2D eigenvalue weighted by Gasteiger charge is -2.19. The molecule has 176 valence electrons. The third-order valence-corrected chi connectivity index (χ3v) is 6.99. The van der Waals surface area contributed by atoms with E-state index in [-0.39, 0.29) is 36.3 Å². The van der Waals surface area contributed by atoms with E-state index in [4.69, 9.17) is 4.74 Å². The van der Waals surface area contributed by atoms with Gasteiger partial charge in [0, 0.05) is 6.54 Å². The number of ether oxygens (including phenoxy) is 1. The zero-order valence-electron chi connectivity index (χ0n) is 18.6. The molecule has 1 saturated heterocycles. The summed E-state index contributed by atoms with van der Waals surface area (Å²) in [6, 6.07) is 3.49. The number of halogens is 1. The molecule has 1 saturated carbocycles. The van der Waals surface area contributed by atoms with Crippen LogP contribution in [0, 0.1) is 11.7 Å². The number of hydrogen-bond donors (Lipinski definition) is 2. The monoisotopic (exact) mass is 467 g/mol. The van der Waals surface area contributed by atoms with Crippen molar-refractivity contribution in [1.29, 1.82) is 0 Å². The van der Waals surface area contributed by atoms with Gasteiger partial charge in [-0.05, 0) is 49.8 Å². The highest BCUT2D eigenvalue weighted by atomic mass is 32.2. The van der Waals surface area contributed by atoms with Gasteiger partial charge in [-0.3, -0.25) is 10.1 Å². The Labute approximate surface area is 188 Å². The molecule has 1 aromatic carbocycles. The van der Waals surface area contributed by atoms with E-state index in [1.54, 1.807) is 31.2 Å². The van der Waals surface area contributed by atoms with E-state index in [0.29, 0.717) is 25.0 Å². The van der Waals surface area contributed by atoms with Gasteiger partial charge in [0.25, 0.3) is 5.91 Å². The molecule has 2 N–H and O–H groups in total. The number of carbonyl (C=O) groups excluding carboxylic acids is 2. The molecule has 2 aliphatic rings. The highest BCUT2D eigenvalue weighted by molar-refractivity contribution is 7.89. The Bertz CT molecular complexity index is 1000. The van der Waals surface area contributed by atoms with E-state index in [1.807, 2.05) is 13.8 Å². The zero-order valence-corrected chi connectivity index (χ0v) is 19.4. The summed E-state index contributed by atoms with van der Waals surface area (Å²) in [6.07, 6.45) is 4.88. The maximum absolute atomic E-state index is 14.1. The van der Waals surface area contributed by atoms with Crippen LogP contribution in [0.5, 0.6) is 5.75 Å². The molecule has 3 amide bonds. The second-order valence-corrected chi connectivity index (χ2v) is 10.6. The van der Waals surface area contributed by atoms with Crippen molar-refractivity contribution in [1.82, 2.24) is 14.9 Å². The number of nitrogens with one attached hydrogen (secondary N) is 2. The molecule has 0 aromatic heterocycles. The van der Waals surface area contributed by atoms with Crippen molar-refractivity contribution in [3.63, 3.8) is 0 Å². The summed E-state index contributed by atoms with van der Waals surface area (Å²) in [5.74, 6) is -0.570. The van der Waals surface area contributed by atoms with Gasteiger partial charge in [-0.15, -0.1) is 0 Å². The van der Waals surface area contributed by atoms with Crippen LogP contribution in [0.2, 0.25) is 0 Å². The van der Waals surface area contributed by atoms with Crippen molar-refractivity contribution >= 4 is 22.0 Å². The average molecular weight is 468 g/mol. The molecule has 1 aromatic rings. The summed E-state index contributed by atoms with van der Waals surface area (Å²) in [4.78, 5) is 24.5. The molecular weight excluding hydrogens is 437 g/mol. The van der Waals surface area contributed by atoms with Gasteiger partial charge >= 0.3 is 6.03 Å². The Balaban J connectivity index is 1.55. The van der Waals surface area contributed by atoms with Crippen molar-refractivity contribution < 1.29 is 27.1 Å². The summed E-state index contributed by atoms with van der Waals surface area (Å²) in [7, 11) is -3.59. The standard InChI is InChI=1S/C22H30FN3O5S/c1-15(2)14-31-19-13-17(7-8-18(19)23)22(9-10-22)25-32(29,30)12-6-4-5-11-26-16(3)20(27)24-21(26)28/h4-5,7-8,13,15-16,25H,6,9-12,14H2,1-3H3,(H,24,27,28)/b5-4+. The van der Waals surface area contributed by atoms with Crippen LogP contribution in [0.1, 0.15) is 45.6 Å². The maximum atomic E-state index is 14.1. The van der Waals surface area contributed by atoms with E-state index in [2.05, 4.69) is 10.0 Å². The number of allylic oxidation sites excluding steroid dienone is 1. The Hall–Kier alpha value is -2.46. The van der Waals surface area contributed by atoms with E-state index in [1.165, 1.54) is 11.0 Å². The molecule has 3 rings (SSSR count). The molecule has 10 heteroatoms. The SMILES string of the molecule is CC(C)COc1cc(C2(NS(=O)(=O)CC/C=C/CN3C(=O)NC(=O)C3C)CC2)ccc1F. The Morgan fingerprint density at radius 3 is 2.62 bits per heavy atom. The molecule has 1 aliphatic carbocycles. The van der Waals surface area contributed by atoms with Gasteiger partial charge in [0.05, 0.1) is 17.9 Å². The number of carbonyl (C=O) groups is 2. The van der Waals surface area contributed by atoms with Crippen LogP contribution in [0.4, 0.5) is 9.18 Å². The Morgan fingerprint density at radius 1 is 1.31 bits per heavy atom. The van der Waals surface area contributed by atoms with Crippen molar-refractivity contribution in [3.8, 4) is 5.75 Å². The second-order valence-electron chi connectivity index (χ2n) is 8.74. The van der Waals surface area contributed by atoms with E-state index >= 15 is 0 Å². The molecule has 1 atom stereocenters. The Morgan fingerprint density at radius 2 is 2.03 bits per heavy atom. The molecule has 0 radical (unpaired) electrons. The number of rotatable bonds is 11. The van der Waals surface area contributed by atoms with Crippen LogP contribution in [-0.2, 0) is 20.4 Å². The van der Waals surface area contributed by atoms with E-state index < -0.39 is 33.5 Å². The number of urea groups is 1. The minimum Gasteiger partial charge on any atom is -0.490 e. The third-order valence-electron chi connectivity index (χ3n) is 5.52. The number of sulfonamides is 1. The highest BCUT2D eigenvalue weighted by Gasteiger charge is 2.47. The summed E-state index contributed by atoms with van der Waals surface area (Å²) >= 11 is 0. The van der Waals surface area contributed by atoms with Crippen molar-refractivity contribution in [2.45, 2.75) is 51.6 Å². The van der Waals surface area contributed by atoms with Gasteiger partial charge in [-0.1, -0.05) is 32.1 Å². The van der Waals surface area contributed by atoms with E-state index in [0.717, 1.165) is 0 Å². The zero-order chi connectivity index (χ0) is 23.5. The minimum absolute atomic E-state index is 0.121. The van der Waals surface area contributed by atoms with Crippen molar-refractivity contribution in [2.24, 2.45) is 5.92 Å². The minimum atomic E-state index is -3.59. The topological polar surface area (TPSA) is 105 Å². The number of nitrogens with zero attached hydrogens (tertiary/aromatic N) is 1. The molecule has 1 heterocycles. The van der Waals surface area contributed by atoms with Crippen LogP contribution in [-0.4, -0.2) is 50.2 Å². The highest BCUT2D eigenvalue weighted by Crippen LogP contribution is 2.47. The van der Waals surface area contributed by atoms with Gasteiger partial charge in [-0.2, -0.15) is 0 Å². The normalized spacial score (nSPS) is 20.3.